The van der Waals surface area contributed by atoms with E-state index in [-0.39, 0.29) is 36.1 Å². The molecule has 9 heteroatoms. The number of ether oxygens (including phenoxy) is 1. The van der Waals surface area contributed by atoms with Gasteiger partial charge in [-0.05, 0) is 64.1 Å². The number of likely N-dealkylation sites (tertiary alicyclic amines) is 2. The molecule has 2 N–H and O–H groups in total. The minimum Gasteiger partial charge on any atom is -0.444 e. The van der Waals surface area contributed by atoms with Gasteiger partial charge in [-0.3, -0.25) is 9.89 Å². The molecule has 7 nitrogen and oxygen atoms in total. The summed E-state index contributed by atoms with van der Waals surface area (Å²) in [5, 5.41) is 9.03. The molecule has 0 aliphatic carbocycles. The smallest absolute Gasteiger partial charge is 0.410 e. The third kappa shape index (κ3) is 7.88. The van der Waals surface area contributed by atoms with Crippen LogP contribution in [0.15, 0.2) is 22.5 Å². The lowest BCUT2D eigenvalue weighted by molar-refractivity contribution is 0.00700. The molecule has 2 saturated heterocycles. The van der Waals surface area contributed by atoms with Crippen LogP contribution in [-0.4, -0.2) is 73.3 Å². The van der Waals surface area contributed by atoms with E-state index in [0.717, 1.165) is 32.1 Å². The molecule has 1 aromatic heterocycles. The van der Waals surface area contributed by atoms with Crippen molar-refractivity contribution in [1.29, 1.82) is 0 Å². The lowest BCUT2D eigenvalue weighted by atomic mass is 9.97. The number of rotatable bonds is 5. The van der Waals surface area contributed by atoms with Gasteiger partial charge in [0.2, 0.25) is 0 Å². The number of amides is 1. The van der Waals surface area contributed by atoms with E-state index >= 15 is 0 Å². The molecular formula is C21H36IN5O2S. The van der Waals surface area contributed by atoms with Crippen LogP contribution < -0.4 is 10.6 Å². The van der Waals surface area contributed by atoms with E-state index in [2.05, 4.69) is 38.0 Å². The molecule has 0 bridgehead atoms. The van der Waals surface area contributed by atoms with Gasteiger partial charge in [-0.2, -0.15) is 0 Å². The second kappa shape index (κ2) is 11.5. The van der Waals surface area contributed by atoms with Crippen molar-refractivity contribution in [1.82, 2.24) is 20.4 Å². The van der Waals surface area contributed by atoms with E-state index < -0.39 is 5.60 Å². The second-order valence-electron chi connectivity index (χ2n) is 8.98. The number of hydrogen-bond donors (Lipinski definition) is 2. The SMILES string of the molecule is CN=C(NCC1CCN(Cc2cccs2)CC1)NC1CN(C(=O)OC(C)(C)C)C1.I. The molecule has 2 aliphatic rings. The van der Waals surface area contributed by atoms with Gasteiger partial charge in [-0.1, -0.05) is 6.07 Å². The first kappa shape index (κ1) is 25.2. The second-order valence-corrected chi connectivity index (χ2v) is 10.0. The molecule has 30 heavy (non-hydrogen) atoms. The number of aliphatic imine (C=N–C) groups is 1. The molecule has 0 unspecified atom stereocenters. The predicted molar refractivity (Wildman–Crippen MR) is 134 cm³/mol. The molecule has 3 heterocycles. The van der Waals surface area contributed by atoms with Crippen LogP contribution in [0, 0.1) is 5.92 Å². The Hall–Kier alpha value is -1.07. The summed E-state index contributed by atoms with van der Waals surface area (Å²) in [4.78, 5) is 22.1. The van der Waals surface area contributed by atoms with Gasteiger partial charge in [0.05, 0.1) is 6.04 Å². The van der Waals surface area contributed by atoms with Crippen LogP contribution in [-0.2, 0) is 11.3 Å². The van der Waals surface area contributed by atoms with E-state index in [1.165, 1.54) is 17.7 Å². The highest BCUT2D eigenvalue weighted by Crippen LogP contribution is 2.20. The molecule has 2 fully saturated rings. The van der Waals surface area contributed by atoms with E-state index in [1.807, 2.05) is 32.1 Å². The van der Waals surface area contributed by atoms with Crippen LogP contribution >= 0.6 is 35.3 Å². The van der Waals surface area contributed by atoms with Crippen LogP contribution in [0.1, 0.15) is 38.5 Å². The minimum atomic E-state index is -0.452. The highest BCUT2D eigenvalue weighted by Gasteiger charge is 2.34. The number of halogens is 1. The van der Waals surface area contributed by atoms with Gasteiger partial charge >= 0.3 is 6.09 Å². The summed E-state index contributed by atoms with van der Waals surface area (Å²) in [5.41, 5.74) is -0.452. The molecular weight excluding hydrogens is 513 g/mol. The van der Waals surface area contributed by atoms with Crippen molar-refractivity contribution in [3.63, 3.8) is 0 Å². The van der Waals surface area contributed by atoms with E-state index in [4.69, 9.17) is 4.74 Å². The van der Waals surface area contributed by atoms with Gasteiger partial charge in [-0.25, -0.2) is 4.79 Å². The van der Waals surface area contributed by atoms with Crippen molar-refractivity contribution in [2.45, 2.75) is 51.8 Å². The standard InChI is InChI=1S/C21H35N5O2S.HI/c1-21(2,3)28-20(27)26-13-17(14-26)24-19(22-4)23-12-16-7-9-25(10-8-16)15-18-6-5-11-29-18;/h5-6,11,16-17H,7-10,12-15H2,1-4H3,(H2,22,23,24);1H. The summed E-state index contributed by atoms with van der Waals surface area (Å²) in [6, 6.07) is 4.57. The Balaban J connectivity index is 0.00000320. The first-order valence-electron chi connectivity index (χ1n) is 10.5. The zero-order chi connectivity index (χ0) is 20.9. The van der Waals surface area contributed by atoms with Crippen molar-refractivity contribution < 1.29 is 9.53 Å². The van der Waals surface area contributed by atoms with Gasteiger partial charge in [0.25, 0.3) is 0 Å². The predicted octanol–water partition coefficient (Wildman–Crippen LogP) is 3.36. The van der Waals surface area contributed by atoms with Crippen LogP contribution in [0.2, 0.25) is 0 Å². The molecule has 3 rings (SSSR count). The van der Waals surface area contributed by atoms with E-state index in [1.54, 1.807) is 11.9 Å². The Morgan fingerprint density at radius 3 is 2.57 bits per heavy atom. The first-order valence-corrected chi connectivity index (χ1v) is 11.4. The monoisotopic (exact) mass is 549 g/mol. The molecule has 0 aromatic carbocycles. The van der Waals surface area contributed by atoms with Gasteiger partial charge in [0.15, 0.2) is 5.96 Å². The Morgan fingerprint density at radius 1 is 1.30 bits per heavy atom. The number of nitrogens with one attached hydrogen (secondary N) is 2. The summed E-state index contributed by atoms with van der Waals surface area (Å²) in [7, 11) is 1.79. The van der Waals surface area contributed by atoms with Crippen LogP contribution in [0.4, 0.5) is 4.79 Å². The minimum absolute atomic E-state index is 0. The van der Waals surface area contributed by atoms with Crippen molar-refractivity contribution >= 4 is 47.4 Å². The molecule has 2 aliphatic heterocycles. The maximum atomic E-state index is 12.0. The third-order valence-electron chi connectivity index (χ3n) is 5.32. The summed E-state index contributed by atoms with van der Waals surface area (Å²) in [5.74, 6) is 1.49. The lowest BCUT2D eigenvalue weighted by Gasteiger charge is -2.40. The van der Waals surface area contributed by atoms with E-state index in [9.17, 15) is 4.79 Å². The quantitative estimate of drug-likeness (QED) is 0.335. The largest absolute Gasteiger partial charge is 0.444 e. The van der Waals surface area contributed by atoms with Crippen molar-refractivity contribution in [3.8, 4) is 0 Å². The van der Waals surface area contributed by atoms with Crippen LogP contribution in [0.25, 0.3) is 0 Å². The Bertz CT molecular complexity index is 678. The fourth-order valence-corrected chi connectivity index (χ4v) is 4.39. The Kier molecular flexibility index (Phi) is 9.67. The number of piperidine rings is 1. The Morgan fingerprint density at radius 2 is 2.00 bits per heavy atom. The van der Waals surface area contributed by atoms with Gasteiger partial charge < -0.3 is 20.3 Å². The van der Waals surface area contributed by atoms with E-state index in [0.29, 0.717) is 19.0 Å². The molecule has 0 spiro atoms. The summed E-state index contributed by atoms with van der Waals surface area (Å²) in [6.45, 7) is 11.3. The first-order chi connectivity index (χ1) is 13.8. The van der Waals surface area contributed by atoms with Crippen LogP contribution in [0.5, 0.6) is 0 Å². The Labute approximate surface area is 201 Å². The molecule has 0 radical (unpaired) electrons. The molecule has 0 atom stereocenters. The lowest BCUT2D eigenvalue weighted by Crippen LogP contribution is -2.63. The number of carbonyl (C=O) groups is 1. The molecule has 170 valence electrons. The molecule has 1 amide bonds. The average molecular weight is 550 g/mol. The summed E-state index contributed by atoms with van der Waals surface area (Å²) < 4.78 is 5.40. The molecule has 1 aromatic rings. The number of hydrogen-bond acceptors (Lipinski definition) is 5. The van der Waals surface area contributed by atoms with Gasteiger partial charge in [-0.15, -0.1) is 35.3 Å². The maximum Gasteiger partial charge on any atom is 0.410 e. The number of guanidine groups is 1. The highest BCUT2D eigenvalue weighted by molar-refractivity contribution is 14.0. The zero-order valence-electron chi connectivity index (χ0n) is 18.5. The number of carbonyl (C=O) groups excluding carboxylic acids is 1. The third-order valence-corrected chi connectivity index (χ3v) is 6.18. The normalized spacial score (nSPS) is 19.1. The summed E-state index contributed by atoms with van der Waals surface area (Å²) >= 11 is 1.84. The average Bonchev–Trinajstić information content (AvgIpc) is 3.13. The summed E-state index contributed by atoms with van der Waals surface area (Å²) in [6.07, 6.45) is 2.18. The highest BCUT2D eigenvalue weighted by atomic mass is 127. The maximum absolute atomic E-state index is 12.0. The van der Waals surface area contributed by atoms with Crippen molar-refractivity contribution in [2.75, 3.05) is 39.8 Å². The zero-order valence-corrected chi connectivity index (χ0v) is 21.7. The number of nitrogens with zero attached hydrogens (tertiary/aromatic N) is 3. The molecule has 0 saturated carbocycles. The van der Waals surface area contributed by atoms with Crippen molar-refractivity contribution in [2.24, 2.45) is 10.9 Å². The number of thiophene rings is 1. The fourth-order valence-electron chi connectivity index (χ4n) is 3.65. The fraction of sp³-hybridized carbons (Fsp3) is 0.714. The van der Waals surface area contributed by atoms with Gasteiger partial charge in [0, 0.05) is 38.1 Å². The van der Waals surface area contributed by atoms with Gasteiger partial charge in [0.1, 0.15) is 5.60 Å². The van der Waals surface area contributed by atoms with Crippen molar-refractivity contribution in [3.05, 3.63) is 22.4 Å². The topological polar surface area (TPSA) is 69.2 Å². The van der Waals surface area contributed by atoms with Crippen LogP contribution in [0.3, 0.4) is 0 Å².